The number of anilines is 1. The highest BCUT2D eigenvalue weighted by Gasteiger charge is 2.41. The maximum Gasteiger partial charge on any atom is 0.320 e. The van der Waals surface area contributed by atoms with E-state index in [-0.39, 0.29) is 24.3 Å². The van der Waals surface area contributed by atoms with Gasteiger partial charge in [-0.2, -0.15) is 0 Å². The van der Waals surface area contributed by atoms with Gasteiger partial charge in [0.15, 0.2) is 0 Å². The molecule has 2 amide bonds. The summed E-state index contributed by atoms with van der Waals surface area (Å²) in [7, 11) is 0. The Labute approximate surface area is 234 Å². The molecule has 2 aliphatic rings. The molecule has 40 heavy (non-hydrogen) atoms. The molecule has 1 unspecified atom stereocenters. The molecule has 9 nitrogen and oxygen atoms in total. The van der Waals surface area contributed by atoms with E-state index >= 15 is 0 Å². The van der Waals surface area contributed by atoms with Crippen LogP contribution in [0.5, 0.6) is 0 Å². The van der Waals surface area contributed by atoms with Crippen LogP contribution in [0.2, 0.25) is 0 Å². The van der Waals surface area contributed by atoms with E-state index in [1.54, 1.807) is 11.1 Å². The Bertz CT molecular complexity index is 1430. The van der Waals surface area contributed by atoms with Crippen molar-refractivity contribution in [3.8, 4) is 0 Å². The number of hydrogen-bond donors (Lipinski definition) is 2. The zero-order valence-corrected chi connectivity index (χ0v) is 23.4. The number of hydrogen-bond acceptors (Lipinski definition) is 7. The van der Waals surface area contributed by atoms with Crippen LogP contribution >= 0.6 is 0 Å². The Morgan fingerprint density at radius 1 is 1.07 bits per heavy atom. The molecule has 2 aromatic carbocycles. The number of esters is 1. The van der Waals surface area contributed by atoms with Gasteiger partial charge in [-0.05, 0) is 74.2 Å². The van der Waals surface area contributed by atoms with Gasteiger partial charge >= 0.3 is 5.97 Å². The Morgan fingerprint density at radius 3 is 2.62 bits per heavy atom. The van der Waals surface area contributed by atoms with Crippen molar-refractivity contribution in [2.75, 3.05) is 18.8 Å². The van der Waals surface area contributed by atoms with Crippen LogP contribution in [0.1, 0.15) is 50.3 Å². The molecule has 3 N–H and O–H groups in total. The number of likely N-dealkylation sites (tertiary alicyclic amines) is 1. The fourth-order valence-electron chi connectivity index (χ4n) is 5.69. The number of nitrogens with one attached hydrogen (secondary N) is 1. The van der Waals surface area contributed by atoms with Crippen LogP contribution < -0.4 is 11.1 Å². The summed E-state index contributed by atoms with van der Waals surface area (Å²) in [5, 5.41) is 4.85. The number of pyridine rings is 1. The molecule has 0 spiro atoms. The minimum atomic E-state index is -0.614. The molecular formula is C31H37N5O4. The molecule has 3 heterocycles. The van der Waals surface area contributed by atoms with Crippen molar-refractivity contribution in [3.05, 3.63) is 71.4 Å². The number of ether oxygens (including phenoxy) is 1. The highest BCUT2D eigenvalue weighted by atomic mass is 16.6. The molecule has 0 radical (unpaired) electrons. The van der Waals surface area contributed by atoms with E-state index in [1.807, 2.05) is 74.2 Å². The lowest BCUT2D eigenvalue weighted by Gasteiger charge is -2.38. The number of rotatable bonds is 6. The van der Waals surface area contributed by atoms with Gasteiger partial charge in [0.2, 0.25) is 11.8 Å². The Hall–Kier alpha value is -3.98. The molecule has 0 aliphatic carbocycles. The maximum atomic E-state index is 14.0. The third kappa shape index (κ3) is 6.09. The van der Waals surface area contributed by atoms with Crippen LogP contribution in [0.3, 0.4) is 0 Å². The first-order chi connectivity index (χ1) is 19.1. The molecule has 1 aromatic heterocycles. The number of carbonyl (C=O) groups is 3. The summed E-state index contributed by atoms with van der Waals surface area (Å²) in [6.45, 7) is 6.83. The predicted octanol–water partition coefficient (Wildman–Crippen LogP) is 3.19. The average molecular weight is 544 g/mol. The molecule has 210 valence electrons. The molecule has 1 fully saturated rings. The molecular weight excluding hydrogens is 506 g/mol. The Morgan fingerprint density at radius 2 is 1.85 bits per heavy atom. The van der Waals surface area contributed by atoms with E-state index in [4.69, 9.17) is 10.5 Å². The van der Waals surface area contributed by atoms with Crippen LogP contribution in [-0.4, -0.2) is 63.3 Å². The summed E-state index contributed by atoms with van der Waals surface area (Å²) in [6.07, 6.45) is 3.50. The van der Waals surface area contributed by atoms with Crippen molar-refractivity contribution < 1.29 is 19.1 Å². The summed E-state index contributed by atoms with van der Waals surface area (Å²) < 4.78 is 5.57. The number of nitrogens with two attached hydrogens (primary N) is 1. The second kappa shape index (κ2) is 11.3. The summed E-state index contributed by atoms with van der Waals surface area (Å²) in [4.78, 5) is 47.8. The first kappa shape index (κ1) is 27.6. The van der Waals surface area contributed by atoms with E-state index in [9.17, 15) is 14.4 Å². The minimum absolute atomic E-state index is 0.00864. The third-order valence-corrected chi connectivity index (χ3v) is 7.55. The van der Waals surface area contributed by atoms with Crippen LogP contribution in [0.4, 0.5) is 5.82 Å². The monoisotopic (exact) mass is 543 g/mol. The number of benzene rings is 2. The third-order valence-electron chi connectivity index (χ3n) is 7.55. The first-order valence-corrected chi connectivity index (χ1v) is 13.8. The second-order valence-corrected chi connectivity index (χ2v) is 11.6. The quantitative estimate of drug-likeness (QED) is 0.459. The maximum absolute atomic E-state index is 14.0. The highest BCUT2D eigenvalue weighted by Crippen LogP contribution is 2.28. The number of amides is 2. The van der Waals surface area contributed by atoms with Crippen molar-refractivity contribution in [1.29, 1.82) is 0 Å². The molecule has 0 bridgehead atoms. The lowest BCUT2D eigenvalue weighted by molar-refractivity contribution is -0.158. The van der Waals surface area contributed by atoms with Crippen molar-refractivity contribution >= 4 is 34.4 Å². The van der Waals surface area contributed by atoms with Crippen molar-refractivity contribution in [2.24, 2.45) is 0 Å². The summed E-state index contributed by atoms with van der Waals surface area (Å²) in [6, 6.07) is 14.6. The van der Waals surface area contributed by atoms with E-state index in [0.717, 1.165) is 33.9 Å². The van der Waals surface area contributed by atoms with Gasteiger partial charge in [-0.1, -0.05) is 36.4 Å². The van der Waals surface area contributed by atoms with Crippen molar-refractivity contribution in [2.45, 2.75) is 70.8 Å². The van der Waals surface area contributed by atoms with E-state index in [2.05, 4.69) is 10.3 Å². The molecule has 1 saturated heterocycles. The van der Waals surface area contributed by atoms with Gasteiger partial charge in [-0.15, -0.1) is 0 Å². The summed E-state index contributed by atoms with van der Waals surface area (Å²) >= 11 is 0. The van der Waals surface area contributed by atoms with Gasteiger partial charge in [0.1, 0.15) is 17.5 Å². The molecule has 9 heteroatoms. The molecule has 2 atom stereocenters. The second-order valence-electron chi connectivity index (χ2n) is 11.6. The number of nitrogens with zero attached hydrogens (tertiary/aromatic N) is 3. The van der Waals surface area contributed by atoms with Crippen LogP contribution in [0.15, 0.2) is 54.7 Å². The number of aromatic nitrogens is 1. The SMILES string of the molecule is CC(C)(C)OC(=O)CN1Cc2ccccc2CC1C(=O)N1CCC[C@@H]1C(=O)NCc1ccc2c(N)nccc2c1. The minimum Gasteiger partial charge on any atom is -0.459 e. The fourth-order valence-corrected chi connectivity index (χ4v) is 5.69. The van der Waals surface area contributed by atoms with Gasteiger partial charge in [0.05, 0.1) is 12.6 Å². The largest absolute Gasteiger partial charge is 0.459 e. The summed E-state index contributed by atoms with van der Waals surface area (Å²) in [5.41, 5.74) is 8.47. The smallest absolute Gasteiger partial charge is 0.320 e. The fraction of sp³-hybridized carbons (Fsp3) is 0.419. The topological polar surface area (TPSA) is 118 Å². The van der Waals surface area contributed by atoms with E-state index < -0.39 is 17.7 Å². The van der Waals surface area contributed by atoms with Crippen LogP contribution in [0, 0.1) is 0 Å². The van der Waals surface area contributed by atoms with Gasteiger partial charge in [-0.25, -0.2) is 4.98 Å². The van der Waals surface area contributed by atoms with Crippen LogP contribution in [-0.2, 0) is 38.6 Å². The van der Waals surface area contributed by atoms with Gasteiger partial charge < -0.3 is 20.7 Å². The highest BCUT2D eigenvalue weighted by molar-refractivity contribution is 5.92. The van der Waals surface area contributed by atoms with Gasteiger partial charge in [0.25, 0.3) is 0 Å². The van der Waals surface area contributed by atoms with Crippen molar-refractivity contribution in [3.63, 3.8) is 0 Å². The van der Waals surface area contributed by atoms with Gasteiger partial charge in [0, 0.05) is 31.2 Å². The molecule has 3 aromatic rings. The van der Waals surface area contributed by atoms with E-state index in [0.29, 0.717) is 38.3 Å². The number of nitrogen functional groups attached to an aromatic ring is 1. The average Bonchev–Trinajstić information content (AvgIpc) is 3.40. The van der Waals surface area contributed by atoms with Crippen LogP contribution in [0.25, 0.3) is 10.8 Å². The lowest BCUT2D eigenvalue weighted by atomic mass is 9.93. The normalized spacial score (nSPS) is 19.3. The first-order valence-electron chi connectivity index (χ1n) is 13.8. The zero-order valence-electron chi connectivity index (χ0n) is 23.4. The molecule has 0 saturated carbocycles. The van der Waals surface area contributed by atoms with Crippen molar-refractivity contribution in [1.82, 2.24) is 20.1 Å². The molecule has 5 rings (SSSR count). The Kier molecular flexibility index (Phi) is 7.76. The van der Waals surface area contributed by atoms with E-state index in [1.165, 1.54) is 0 Å². The molecule has 2 aliphatic heterocycles. The van der Waals surface area contributed by atoms with Gasteiger partial charge in [-0.3, -0.25) is 19.3 Å². The summed E-state index contributed by atoms with van der Waals surface area (Å²) in [5.74, 6) is -0.188. The Balaban J connectivity index is 1.29. The zero-order chi connectivity index (χ0) is 28.4. The number of fused-ring (bicyclic) bond motifs is 2. The predicted molar refractivity (Wildman–Crippen MR) is 153 cm³/mol. The number of carbonyl (C=O) groups excluding carboxylic acids is 3. The lowest BCUT2D eigenvalue weighted by Crippen LogP contribution is -2.56. The standard InChI is InChI=1S/C31H37N5O4/c1-31(2,3)40-27(37)19-35-18-23-8-5-4-7-21(23)16-26(35)30(39)36-14-6-9-25(36)29(38)34-17-20-10-11-24-22(15-20)12-13-33-28(24)32/h4-5,7-8,10-13,15,25-26H,6,9,14,16-19H2,1-3H3,(H2,32,33)(H,34,38)/t25-,26?/m1/s1.